The third kappa shape index (κ3) is 3.94. The highest BCUT2D eigenvalue weighted by Gasteiger charge is 2.14. The van der Waals surface area contributed by atoms with Crippen molar-refractivity contribution >= 4 is 43.7 Å². The maximum absolute atomic E-state index is 6.31. The van der Waals surface area contributed by atoms with Crippen molar-refractivity contribution < 1.29 is 4.42 Å². The molecule has 0 fully saturated rings. The highest BCUT2D eigenvalue weighted by atomic mass is 16.3. The zero-order valence-corrected chi connectivity index (χ0v) is 23.8. The second-order valence-electron chi connectivity index (χ2n) is 11.2. The molecule has 3 nitrogen and oxygen atoms in total. The first kappa shape index (κ1) is 24.6. The Balaban J connectivity index is 1.07. The van der Waals surface area contributed by atoms with Crippen molar-refractivity contribution in [3.8, 4) is 39.4 Å². The van der Waals surface area contributed by atoms with E-state index < -0.39 is 0 Å². The number of fused-ring (bicyclic) bond motifs is 5. The lowest BCUT2D eigenvalue weighted by Crippen LogP contribution is -1.92. The number of oxazole rings is 1. The molecule has 44 heavy (non-hydrogen) atoms. The van der Waals surface area contributed by atoms with Crippen molar-refractivity contribution in [2.45, 2.75) is 0 Å². The molecule has 3 heteroatoms. The normalized spacial score (nSPS) is 11.6. The Morgan fingerprint density at radius 2 is 1.14 bits per heavy atom. The highest BCUT2D eigenvalue weighted by Crippen LogP contribution is 2.36. The number of benzene rings is 7. The van der Waals surface area contributed by atoms with Crippen molar-refractivity contribution in [1.82, 2.24) is 9.55 Å². The average Bonchev–Trinajstić information content (AvgIpc) is 3.67. The monoisotopic (exact) mass is 562 g/mol. The van der Waals surface area contributed by atoms with Gasteiger partial charge in [-0.1, -0.05) is 103 Å². The van der Waals surface area contributed by atoms with Gasteiger partial charge in [0.1, 0.15) is 5.52 Å². The molecule has 9 rings (SSSR count). The van der Waals surface area contributed by atoms with Crippen molar-refractivity contribution in [1.29, 1.82) is 0 Å². The molecular weight excluding hydrogens is 536 g/mol. The summed E-state index contributed by atoms with van der Waals surface area (Å²) >= 11 is 0. The van der Waals surface area contributed by atoms with Crippen LogP contribution in [0.2, 0.25) is 0 Å². The van der Waals surface area contributed by atoms with Gasteiger partial charge in [0.05, 0.1) is 11.0 Å². The molecule has 206 valence electrons. The summed E-state index contributed by atoms with van der Waals surface area (Å²) in [6.45, 7) is 0. The summed E-state index contributed by atoms with van der Waals surface area (Å²) in [6.07, 6.45) is 0. The van der Waals surface area contributed by atoms with Gasteiger partial charge in [-0.2, -0.15) is 0 Å². The van der Waals surface area contributed by atoms with E-state index in [-0.39, 0.29) is 0 Å². The Labute approximate surface area is 254 Å². The standard InChI is InChI=1S/C41H26N2O/c1-2-11-32(12-3-1)43-38-16-7-6-14-35(38)36-25-30(22-24-39(36)43)27-17-19-29(20-18-27)41-42-37-23-21-31(26-40(37)44-41)34-15-8-10-28-9-4-5-13-33(28)34/h1-26H. The van der Waals surface area contributed by atoms with Crippen LogP contribution < -0.4 is 0 Å². The lowest BCUT2D eigenvalue weighted by Gasteiger charge is -2.08. The Morgan fingerprint density at radius 3 is 2.02 bits per heavy atom. The maximum atomic E-state index is 6.31. The zero-order chi connectivity index (χ0) is 29.0. The van der Waals surface area contributed by atoms with Gasteiger partial charge >= 0.3 is 0 Å². The minimum atomic E-state index is 0.628. The van der Waals surface area contributed by atoms with Gasteiger partial charge in [-0.05, 0) is 87.6 Å². The first-order chi connectivity index (χ1) is 21.8. The lowest BCUT2D eigenvalue weighted by molar-refractivity contribution is 0.620. The molecule has 0 N–H and O–H groups in total. The van der Waals surface area contributed by atoms with Gasteiger partial charge in [-0.15, -0.1) is 0 Å². The minimum absolute atomic E-state index is 0.628. The van der Waals surface area contributed by atoms with E-state index >= 15 is 0 Å². The van der Waals surface area contributed by atoms with Gasteiger partial charge in [0.25, 0.3) is 0 Å². The third-order valence-electron chi connectivity index (χ3n) is 8.64. The Morgan fingerprint density at radius 1 is 0.455 bits per heavy atom. The van der Waals surface area contributed by atoms with E-state index in [2.05, 4.69) is 162 Å². The largest absolute Gasteiger partial charge is 0.436 e. The first-order valence-corrected chi connectivity index (χ1v) is 14.9. The van der Waals surface area contributed by atoms with Gasteiger partial charge in [0.2, 0.25) is 5.89 Å². The maximum Gasteiger partial charge on any atom is 0.227 e. The fourth-order valence-corrected chi connectivity index (χ4v) is 6.51. The van der Waals surface area contributed by atoms with E-state index in [4.69, 9.17) is 9.40 Å². The predicted octanol–water partition coefficient (Wildman–Crippen LogP) is 11.1. The summed E-state index contributed by atoms with van der Waals surface area (Å²) in [6, 6.07) is 55.6. The second kappa shape index (κ2) is 9.82. The molecule has 0 aliphatic heterocycles. The SMILES string of the molecule is c1ccc(-n2c3ccccc3c3cc(-c4ccc(-c5nc6ccc(-c7cccc8ccccc78)cc6o5)cc4)ccc32)cc1. The van der Waals surface area contributed by atoms with Crippen LogP contribution in [-0.2, 0) is 0 Å². The van der Waals surface area contributed by atoms with Gasteiger partial charge in [-0.25, -0.2) is 4.98 Å². The molecule has 0 radical (unpaired) electrons. The fraction of sp³-hybridized carbons (Fsp3) is 0. The molecule has 0 aliphatic rings. The molecule has 0 spiro atoms. The van der Waals surface area contributed by atoms with E-state index in [1.165, 1.54) is 49.4 Å². The Bertz CT molecular complexity index is 2480. The van der Waals surface area contributed by atoms with E-state index in [1.54, 1.807) is 0 Å². The molecule has 2 heterocycles. The van der Waals surface area contributed by atoms with E-state index in [9.17, 15) is 0 Å². The zero-order valence-electron chi connectivity index (χ0n) is 23.8. The van der Waals surface area contributed by atoms with Crippen molar-refractivity contribution in [2.24, 2.45) is 0 Å². The highest BCUT2D eigenvalue weighted by molar-refractivity contribution is 6.10. The number of hydrogen-bond acceptors (Lipinski definition) is 2. The van der Waals surface area contributed by atoms with Gasteiger partial charge in [0, 0.05) is 22.0 Å². The molecule has 0 aliphatic carbocycles. The quantitative estimate of drug-likeness (QED) is 0.214. The molecule has 9 aromatic rings. The summed E-state index contributed by atoms with van der Waals surface area (Å²) in [5, 5.41) is 4.95. The third-order valence-corrected chi connectivity index (χ3v) is 8.64. The van der Waals surface area contributed by atoms with Crippen LogP contribution in [0.5, 0.6) is 0 Å². The number of aromatic nitrogens is 2. The second-order valence-corrected chi connectivity index (χ2v) is 11.2. The Kier molecular flexibility index (Phi) is 5.50. The van der Waals surface area contributed by atoms with Gasteiger partial charge in [-0.3, -0.25) is 0 Å². The number of nitrogens with zero attached hydrogens (tertiary/aromatic N) is 2. The average molecular weight is 563 g/mol. The molecule has 7 aromatic carbocycles. The summed E-state index contributed by atoms with van der Waals surface area (Å²) in [4.78, 5) is 4.82. The van der Waals surface area contributed by atoms with Crippen LogP contribution in [-0.4, -0.2) is 9.55 Å². The smallest absolute Gasteiger partial charge is 0.227 e. The molecule has 0 unspecified atom stereocenters. The van der Waals surface area contributed by atoms with Crippen molar-refractivity contribution in [3.63, 3.8) is 0 Å². The van der Waals surface area contributed by atoms with E-state index in [1.807, 2.05) is 0 Å². The van der Waals surface area contributed by atoms with Crippen LogP contribution in [0.15, 0.2) is 162 Å². The molecule has 0 bridgehead atoms. The molecular formula is C41H26N2O. The van der Waals surface area contributed by atoms with Gasteiger partial charge in [0.15, 0.2) is 5.58 Å². The Hall–Kier alpha value is -5.93. The van der Waals surface area contributed by atoms with Crippen LogP contribution in [0.1, 0.15) is 0 Å². The summed E-state index contributed by atoms with van der Waals surface area (Å²) < 4.78 is 8.65. The van der Waals surface area contributed by atoms with E-state index in [0.717, 1.165) is 27.8 Å². The van der Waals surface area contributed by atoms with Crippen LogP contribution in [0, 0.1) is 0 Å². The van der Waals surface area contributed by atoms with Crippen LogP contribution >= 0.6 is 0 Å². The number of para-hydroxylation sites is 2. The lowest BCUT2D eigenvalue weighted by atomic mass is 9.98. The molecule has 0 saturated carbocycles. The minimum Gasteiger partial charge on any atom is -0.436 e. The molecule has 0 atom stereocenters. The van der Waals surface area contributed by atoms with Crippen molar-refractivity contribution in [3.05, 3.63) is 158 Å². The first-order valence-electron chi connectivity index (χ1n) is 14.9. The fourth-order valence-electron chi connectivity index (χ4n) is 6.51. The van der Waals surface area contributed by atoms with E-state index in [0.29, 0.717) is 5.89 Å². The van der Waals surface area contributed by atoms with Crippen molar-refractivity contribution in [2.75, 3.05) is 0 Å². The van der Waals surface area contributed by atoms with Crippen LogP contribution in [0.4, 0.5) is 0 Å². The summed E-state index contributed by atoms with van der Waals surface area (Å²) in [7, 11) is 0. The topological polar surface area (TPSA) is 31.0 Å². The summed E-state index contributed by atoms with van der Waals surface area (Å²) in [5.41, 5.74) is 10.8. The predicted molar refractivity (Wildman–Crippen MR) is 182 cm³/mol. The van der Waals surface area contributed by atoms with Crippen LogP contribution in [0.3, 0.4) is 0 Å². The number of rotatable bonds is 4. The van der Waals surface area contributed by atoms with Crippen LogP contribution in [0.25, 0.3) is 83.1 Å². The molecule has 2 aromatic heterocycles. The summed E-state index contributed by atoms with van der Waals surface area (Å²) in [5.74, 6) is 0.628. The van der Waals surface area contributed by atoms with Gasteiger partial charge < -0.3 is 8.98 Å². The molecule has 0 saturated heterocycles. The molecule has 0 amide bonds. The number of hydrogen-bond donors (Lipinski definition) is 0.